The minimum absolute atomic E-state index is 0.0431. The second-order valence-electron chi connectivity index (χ2n) is 5.64. The van der Waals surface area contributed by atoms with Gasteiger partial charge in [-0.25, -0.2) is 0 Å². The van der Waals surface area contributed by atoms with Crippen LogP contribution < -0.4 is 10.1 Å². The van der Waals surface area contributed by atoms with Gasteiger partial charge < -0.3 is 15.0 Å². The molecule has 0 unspecified atom stereocenters. The van der Waals surface area contributed by atoms with Crippen molar-refractivity contribution in [3.05, 3.63) is 28.8 Å². The molecule has 0 spiro atoms. The van der Waals surface area contributed by atoms with Crippen LogP contribution >= 0.6 is 11.6 Å². The molecule has 0 bridgehead atoms. The normalized spacial score (nSPS) is 10.8. The van der Waals surface area contributed by atoms with Crippen LogP contribution in [0, 0.1) is 5.92 Å². The van der Waals surface area contributed by atoms with Crippen molar-refractivity contribution < 1.29 is 9.53 Å². The predicted octanol–water partition coefficient (Wildman–Crippen LogP) is 2.94. The van der Waals surface area contributed by atoms with E-state index in [1.165, 1.54) is 0 Å². The summed E-state index contributed by atoms with van der Waals surface area (Å²) >= 11 is 6.20. The number of benzene rings is 1. The van der Waals surface area contributed by atoms with E-state index >= 15 is 0 Å². The van der Waals surface area contributed by atoms with Gasteiger partial charge in [-0.3, -0.25) is 4.79 Å². The SMILES string of the molecule is CC(C)CNCc1cccc(Cl)c1OCCC(=O)N(C)C. The molecule has 1 N–H and O–H groups in total. The van der Waals surface area contributed by atoms with Crippen LogP contribution in [0.2, 0.25) is 5.02 Å². The summed E-state index contributed by atoms with van der Waals surface area (Å²) in [6, 6.07) is 5.70. The van der Waals surface area contributed by atoms with Gasteiger partial charge in [0.25, 0.3) is 0 Å². The molecule has 0 fully saturated rings. The molecule has 0 aliphatic heterocycles. The summed E-state index contributed by atoms with van der Waals surface area (Å²) in [5.41, 5.74) is 1.01. The van der Waals surface area contributed by atoms with Crippen molar-refractivity contribution in [3.63, 3.8) is 0 Å². The van der Waals surface area contributed by atoms with E-state index in [2.05, 4.69) is 19.2 Å². The van der Waals surface area contributed by atoms with Gasteiger partial charge in [0.05, 0.1) is 18.1 Å². The molecular formula is C16H25ClN2O2. The van der Waals surface area contributed by atoms with Gasteiger partial charge in [0, 0.05) is 26.2 Å². The van der Waals surface area contributed by atoms with Crippen molar-refractivity contribution in [3.8, 4) is 5.75 Å². The molecule has 0 radical (unpaired) electrons. The fourth-order valence-corrected chi connectivity index (χ4v) is 2.06. The molecule has 0 heterocycles. The molecule has 0 aliphatic rings. The molecular weight excluding hydrogens is 288 g/mol. The maximum absolute atomic E-state index is 11.6. The van der Waals surface area contributed by atoms with Crippen LogP contribution in [0.1, 0.15) is 25.8 Å². The van der Waals surface area contributed by atoms with Gasteiger partial charge in [0.2, 0.25) is 5.91 Å². The van der Waals surface area contributed by atoms with E-state index in [9.17, 15) is 4.79 Å². The van der Waals surface area contributed by atoms with E-state index in [0.29, 0.717) is 36.3 Å². The number of halogens is 1. The van der Waals surface area contributed by atoms with E-state index in [0.717, 1.165) is 12.1 Å². The van der Waals surface area contributed by atoms with Gasteiger partial charge in [-0.1, -0.05) is 37.6 Å². The molecule has 5 heteroatoms. The van der Waals surface area contributed by atoms with Gasteiger partial charge in [-0.15, -0.1) is 0 Å². The van der Waals surface area contributed by atoms with Gasteiger partial charge in [0.15, 0.2) is 0 Å². The van der Waals surface area contributed by atoms with Crippen molar-refractivity contribution >= 4 is 17.5 Å². The number of rotatable bonds is 8. The summed E-state index contributed by atoms with van der Waals surface area (Å²) in [6.07, 6.45) is 0.344. The molecule has 0 aliphatic carbocycles. The lowest BCUT2D eigenvalue weighted by Crippen LogP contribution is -2.23. The number of para-hydroxylation sites is 1. The highest BCUT2D eigenvalue weighted by Gasteiger charge is 2.10. The first kappa shape index (κ1) is 17.8. The van der Waals surface area contributed by atoms with Crippen LogP contribution in [-0.2, 0) is 11.3 Å². The largest absolute Gasteiger partial charge is 0.491 e. The third-order valence-corrected chi connectivity index (χ3v) is 3.28. The summed E-state index contributed by atoms with van der Waals surface area (Å²) in [4.78, 5) is 13.1. The van der Waals surface area contributed by atoms with Crippen molar-refractivity contribution in [2.24, 2.45) is 5.92 Å². The quantitative estimate of drug-likeness (QED) is 0.802. The number of hydrogen-bond donors (Lipinski definition) is 1. The fraction of sp³-hybridized carbons (Fsp3) is 0.562. The van der Waals surface area contributed by atoms with E-state index in [4.69, 9.17) is 16.3 Å². The van der Waals surface area contributed by atoms with Gasteiger partial charge in [-0.2, -0.15) is 0 Å². The van der Waals surface area contributed by atoms with E-state index in [1.807, 2.05) is 12.1 Å². The van der Waals surface area contributed by atoms with Gasteiger partial charge in [0.1, 0.15) is 5.75 Å². The number of nitrogens with one attached hydrogen (secondary N) is 1. The Morgan fingerprint density at radius 1 is 1.38 bits per heavy atom. The fourth-order valence-electron chi connectivity index (χ4n) is 1.81. The van der Waals surface area contributed by atoms with Crippen molar-refractivity contribution in [1.82, 2.24) is 10.2 Å². The second kappa shape index (κ2) is 8.90. The minimum atomic E-state index is 0.0431. The Bertz CT molecular complexity index is 462. The highest BCUT2D eigenvalue weighted by Crippen LogP contribution is 2.28. The molecule has 0 atom stereocenters. The third-order valence-electron chi connectivity index (χ3n) is 2.98. The maximum Gasteiger partial charge on any atom is 0.225 e. The first-order valence-corrected chi connectivity index (χ1v) is 7.60. The van der Waals surface area contributed by atoms with E-state index < -0.39 is 0 Å². The Kier molecular flexibility index (Phi) is 7.54. The molecule has 1 aromatic carbocycles. The average molecular weight is 313 g/mol. The Morgan fingerprint density at radius 2 is 2.10 bits per heavy atom. The Morgan fingerprint density at radius 3 is 2.71 bits per heavy atom. The summed E-state index contributed by atoms with van der Waals surface area (Å²) in [5.74, 6) is 1.30. The number of carbonyl (C=O) groups is 1. The maximum atomic E-state index is 11.6. The number of carbonyl (C=O) groups excluding carboxylic acids is 1. The Labute approximate surface area is 132 Å². The zero-order valence-corrected chi connectivity index (χ0v) is 14.0. The minimum Gasteiger partial charge on any atom is -0.491 e. The van der Waals surface area contributed by atoms with Crippen LogP contribution in [-0.4, -0.2) is 38.1 Å². The number of nitrogens with zero attached hydrogens (tertiary/aromatic N) is 1. The number of hydrogen-bond acceptors (Lipinski definition) is 3. The Hall–Kier alpha value is -1.26. The summed E-state index contributed by atoms with van der Waals surface area (Å²) in [6.45, 7) is 6.29. The van der Waals surface area contributed by atoms with Crippen molar-refractivity contribution in [1.29, 1.82) is 0 Å². The number of ether oxygens (including phenoxy) is 1. The van der Waals surface area contributed by atoms with Crippen molar-refractivity contribution in [2.75, 3.05) is 27.2 Å². The van der Waals surface area contributed by atoms with E-state index in [-0.39, 0.29) is 5.91 Å². The smallest absolute Gasteiger partial charge is 0.225 e. The first-order valence-electron chi connectivity index (χ1n) is 7.23. The topological polar surface area (TPSA) is 41.6 Å². The summed E-state index contributed by atoms with van der Waals surface area (Å²) in [5, 5.41) is 3.95. The van der Waals surface area contributed by atoms with Crippen LogP contribution in [0.15, 0.2) is 18.2 Å². The van der Waals surface area contributed by atoms with Crippen LogP contribution in [0.4, 0.5) is 0 Å². The average Bonchev–Trinajstić information content (AvgIpc) is 2.40. The summed E-state index contributed by atoms with van der Waals surface area (Å²) in [7, 11) is 3.47. The van der Waals surface area contributed by atoms with Crippen molar-refractivity contribution in [2.45, 2.75) is 26.8 Å². The zero-order valence-electron chi connectivity index (χ0n) is 13.3. The highest BCUT2D eigenvalue weighted by atomic mass is 35.5. The van der Waals surface area contributed by atoms with Crippen LogP contribution in [0.25, 0.3) is 0 Å². The number of amides is 1. The van der Waals surface area contributed by atoms with Gasteiger partial charge in [-0.05, 0) is 18.5 Å². The molecule has 0 aromatic heterocycles. The molecule has 21 heavy (non-hydrogen) atoms. The molecule has 118 valence electrons. The molecule has 1 aromatic rings. The molecule has 1 amide bonds. The first-order chi connectivity index (χ1) is 9.91. The second-order valence-corrected chi connectivity index (χ2v) is 6.05. The Balaban J connectivity index is 2.60. The lowest BCUT2D eigenvalue weighted by Gasteiger charge is -2.15. The lowest BCUT2D eigenvalue weighted by atomic mass is 10.1. The molecule has 1 rings (SSSR count). The highest BCUT2D eigenvalue weighted by molar-refractivity contribution is 6.32. The molecule has 4 nitrogen and oxygen atoms in total. The monoisotopic (exact) mass is 312 g/mol. The van der Waals surface area contributed by atoms with Crippen LogP contribution in [0.3, 0.4) is 0 Å². The van der Waals surface area contributed by atoms with Gasteiger partial charge >= 0.3 is 0 Å². The third kappa shape index (κ3) is 6.36. The zero-order chi connectivity index (χ0) is 15.8. The molecule has 0 saturated heterocycles. The summed E-state index contributed by atoms with van der Waals surface area (Å²) < 4.78 is 5.73. The molecule has 0 saturated carbocycles. The standard InChI is InChI=1S/C16H25ClN2O2/c1-12(2)10-18-11-13-6-5-7-14(17)16(13)21-9-8-15(20)19(3)4/h5-7,12,18H,8-11H2,1-4H3. The predicted molar refractivity (Wildman–Crippen MR) is 86.8 cm³/mol. The van der Waals surface area contributed by atoms with E-state index in [1.54, 1.807) is 25.1 Å². The van der Waals surface area contributed by atoms with Crippen LogP contribution in [0.5, 0.6) is 5.75 Å². The lowest BCUT2D eigenvalue weighted by molar-refractivity contribution is -0.129.